The number of nitrogens with one attached hydrogen (secondary N) is 1. The van der Waals surface area contributed by atoms with Gasteiger partial charge in [0.1, 0.15) is 0 Å². The van der Waals surface area contributed by atoms with Crippen LogP contribution in [0.25, 0.3) is 0 Å². The molecule has 1 saturated heterocycles. The summed E-state index contributed by atoms with van der Waals surface area (Å²) in [6, 6.07) is 16.6. The van der Waals surface area contributed by atoms with Gasteiger partial charge >= 0.3 is 6.03 Å². The Morgan fingerprint density at radius 3 is 2.52 bits per heavy atom. The zero-order chi connectivity index (χ0) is 19.2. The van der Waals surface area contributed by atoms with Crippen molar-refractivity contribution in [3.63, 3.8) is 0 Å². The molecule has 0 saturated carbocycles. The maximum atomic E-state index is 12.4. The maximum Gasteiger partial charge on any atom is 0.321 e. The van der Waals surface area contributed by atoms with Gasteiger partial charge in [0.05, 0.1) is 12.5 Å². The number of carbonyl (C=O) groups is 2. The first-order chi connectivity index (χ1) is 13.0. The topological polar surface area (TPSA) is 72.9 Å². The summed E-state index contributed by atoms with van der Waals surface area (Å²) >= 11 is 0. The van der Waals surface area contributed by atoms with Gasteiger partial charge in [0, 0.05) is 31.5 Å². The number of aliphatic hydroxyl groups is 1. The monoisotopic (exact) mass is 367 g/mol. The van der Waals surface area contributed by atoms with Gasteiger partial charge in [-0.3, -0.25) is 4.79 Å². The van der Waals surface area contributed by atoms with E-state index in [-0.39, 0.29) is 18.4 Å². The number of likely N-dealkylation sites (N-methyl/N-ethyl adjacent to an activating group) is 1. The molecule has 2 N–H and O–H groups in total. The number of piperidine rings is 1. The van der Waals surface area contributed by atoms with Gasteiger partial charge in [-0.2, -0.15) is 0 Å². The average Bonchev–Trinajstić information content (AvgIpc) is 2.69. The molecule has 0 bridgehead atoms. The third kappa shape index (κ3) is 5.08. The molecule has 1 aliphatic rings. The highest BCUT2D eigenvalue weighted by Gasteiger charge is 2.22. The Bertz CT molecular complexity index is 777. The second-order valence-electron chi connectivity index (χ2n) is 6.83. The molecule has 3 rings (SSSR count). The number of aliphatic hydroxyl groups excluding tert-OH is 1. The lowest BCUT2D eigenvalue weighted by Gasteiger charge is -2.30. The Morgan fingerprint density at radius 1 is 1.15 bits per heavy atom. The van der Waals surface area contributed by atoms with Crippen LogP contribution in [0.1, 0.15) is 18.4 Å². The first-order valence-corrected chi connectivity index (χ1v) is 9.17. The number of urea groups is 1. The Labute approximate surface area is 159 Å². The molecule has 6 nitrogen and oxygen atoms in total. The van der Waals surface area contributed by atoms with Crippen LogP contribution in [-0.2, 0) is 11.2 Å². The number of hydrogen-bond donors (Lipinski definition) is 2. The highest BCUT2D eigenvalue weighted by Crippen LogP contribution is 2.16. The number of β-amino-alcohol motifs (C(OH)–C–C–N with tert-alkyl or cyclic N) is 1. The zero-order valence-corrected chi connectivity index (χ0v) is 15.5. The number of amides is 3. The molecule has 0 aliphatic carbocycles. The van der Waals surface area contributed by atoms with Crippen molar-refractivity contribution < 1.29 is 14.7 Å². The highest BCUT2D eigenvalue weighted by atomic mass is 16.3. The third-order valence-electron chi connectivity index (χ3n) is 4.76. The molecular weight excluding hydrogens is 342 g/mol. The van der Waals surface area contributed by atoms with E-state index in [1.807, 2.05) is 42.5 Å². The molecule has 2 aromatic carbocycles. The Balaban J connectivity index is 1.55. The highest BCUT2D eigenvalue weighted by molar-refractivity contribution is 5.94. The van der Waals surface area contributed by atoms with Gasteiger partial charge in [-0.05, 0) is 42.7 Å². The van der Waals surface area contributed by atoms with E-state index in [9.17, 15) is 14.7 Å². The van der Waals surface area contributed by atoms with Crippen molar-refractivity contribution in [2.24, 2.45) is 0 Å². The lowest BCUT2D eigenvalue weighted by molar-refractivity contribution is -0.117. The fraction of sp³-hybridized carbons (Fsp3) is 0.333. The van der Waals surface area contributed by atoms with E-state index in [1.165, 1.54) is 0 Å². The van der Waals surface area contributed by atoms with Crippen LogP contribution in [-0.4, -0.2) is 48.2 Å². The first-order valence-electron chi connectivity index (χ1n) is 9.17. The molecule has 0 aromatic heterocycles. The maximum absolute atomic E-state index is 12.4. The first kappa shape index (κ1) is 18.9. The summed E-state index contributed by atoms with van der Waals surface area (Å²) in [5.41, 5.74) is 2.41. The Kier molecular flexibility index (Phi) is 6.08. The van der Waals surface area contributed by atoms with E-state index >= 15 is 0 Å². The van der Waals surface area contributed by atoms with Crippen LogP contribution in [0.2, 0.25) is 0 Å². The fourth-order valence-corrected chi connectivity index (χ4v) is 3.14. The molecular formula is C21H25N3O3. The number of rotatable bonds is 4. The summed E-state index contributed by atoms with van der Waals surface area (Å²) in [4.78, 5) is 28.0. The van der Waals surface area contributed by atoms with E-state index in [0.29, 0.717) is 18.8 Å². The molecule has 6 heteroatoms. The minimum atomic E-state index is -0.445. The smallest absolute Gasteiger partial charge is 0.321 e. The SMILES string of the molecule is CN(C(=O)Cc1ccc(NC(=O)N2CCCC(O)C2)cc1)c1ccccc1. The van der Waals surface area contributed by atoms with Crippen LogP contribution in [0.5, 0.6) is 0 Å². The lowest BCUT2D eigenvalue weighted by atomic mass is 10.1. The van der Waals surface area contributed by atoms with Crippen molar-refractivity contribution in [2.75, 3.05) is 30.4 Å². The number of anilines is 2. The number of likely N-dealkylation sites (tertiary alicyclic amines) is 1. The predicted octanol–water partition coefficient (Wildman–Crippen LogP) is 2.88. The Hall–Kier alpha value is -2.86. The van der Waals surface area contributed by atoms with Crippen molar-refractivity contribution in [3.8, 4) is 0 Å². The quantitative estimate of drug-likeness (QED) is 0.873. The van der Waals surface area contributed by atoms with Gasteiger partial charge in [0.25, 0.3) is 0 Å². The summed E-state index contributed by atoms with van der Waals surface area (Å²) < 4.78 is 0. The van der Waals surface area contributed by atoms with Gasteiger partial charge in [0.15, 0.2) is 0 Å². The molecule has 0 spiro atoms. The van der Waals surface area contributed by atoms with Crippen molar-refractivity contribution in [1.29, 1.82) is 0 Å². The second kappa shape index (κ2) is 8.68. The van der Waals surface area contributed by atoms with Gasteiger partial charge in [-0.25, -0.2) is 4.79 Å². The summed E-state index contributed by atoms with van der Waals surface area (Å²) in [7, 11) is 1.76. The van der Waals surface area contributed by atoms with Crippen LogP contribution >= 0.6 is 0 Å². The summed E-state index contributed by atoms with van der Waals surface area (Å²) in [5.74, 6) is 0.000268. The van der Waals surface area contributed by atoms with Crippen LogP contribution in [0.4, 0.5) is 16.2 Å². The number of carbonyl (C=O) groups excluding carboxylic acids is 2. The lowest BCUT2D eigenvalue weighted by Crippen LogP contribution is -2.44. The van der Waals surface area contributed by atoms with E-state index in [2.05, 4.69) is 5.32 Å². The minimum absolute atomic E-state index is 0.000268. The summed E-state index contributed by atoms with van der Waals surface area (Å²) in [5, 5.41) is 12.5. The number of para-hydroxylation sites is 1. The van der Waals surface area contributed by atoms with Crippen molar-refractivity contribution in [2.45, 2.75) is 25.4 Å². The minimum Gasteiger partial charge on any atom is -0.391 e. The van der Waals surface area contributed by atoms with Crippen LogP contribution < -0.4 is 10.2 Å². The number of nitrogens with zero attached hydrogens (tertiary/aromatic N) is 2. The Morgan fingerprint density at radius 2 is 1.85 bits per heavy atom. The van der Waals surface area contributed by atoms with Crippen LogP contribution in [0.15, 0.2) is 54.6 Å². The third-order valence-corrected chi connectivity index (χ3v) is 4.76. The molecule has 1 heterocycles. The molecule has 27 heavy (non-hydrogen) atoms. The molecule has 142 valence electrons. The van der Waals surface area contributed by atoms with Gasteiger partial charge in [-0.15, -0.1) is 0 Å². The summed E-state index contributed by atoms with van der Waals surface area (Å²) in [6.45, 7) is 1.02. The van der Waals surface area contributed by atoms with Crippen molar-refractivity contribution >= 4 is 23.3 Å². The molecule has 1 atom stereocenters. The largest absolute Gasteiger partial charge is 0.391 e. The molecule has 2 aromatic rings. The molecule has 1 unspecified atom stereocenters. The average molecular weight is 367 g/mol. The van der Waals surface area contributed by atoms with Crippen molar-refractivity contribution in [3.05, 3.63) is 60.2 Å². The predicted molar refractivity (Wildman–Crippen MR) is 106 cm³/mol. The van der Waals surface area contributed by atoms with E-state index in [4.69, 9.17) is 0 Å². The van der Waals surface area contributed by atoms with Crippen LogP contribution in [0, 0.1) is 0 Å². The van der Waals surface area contributed by atoms with Gasteiger partial charge in [-0.1, -0.05) is 30.3 Å². The number of hydrogen-bond acceptors (Lipinski definition) is 3. The molecule has 3 amide bonds. The van der Waals surface area contributed by atoms with Gasteiger partial charge < -0.3 is 20.2 Å². The van der Waals surface area contributed by atoms with E-state index in [0.717, 1.165) is 24.1 Å². The number of benzene rings is 2. The van der Waals surface area contributed by atoms with Gasteiger partial charge in [0.2, 0.25) is 5.91 Å². The van der Waals surface area contributed by atoms with E-state index in [1.54, 1.807) is 29.0 Å². The second-order valence-corrected chi connectivity index (χ2v) is 6.83. The molecule has 1 aliphatic heterocycles. The normalized spacial score (nSPS) is 16.7. The van der Waals surface area contributed by atoms with Crippen LogP contribution in [0.3, 0.4) is 0 Å². The molecule has 0 radical (unpaired) electrons. The molecule has 1 fully saturated rings. The standard InChI is InChI=1S/C21H25N3O3/c1-23(18-6-3-2-4-7-18)20(26)14-16-9-11-17(12-10-16)22-21(27)24-13-5-8-19(25)15-24/h2-4,6-7,9-12,19,25H,5,8,13-15H2,1H3,(H,22,27). The van der Waals surface area contributed by atoms with E-state index < -0.39 is 6.10 Å². The van der Waals surface area contributed by atoms with Crippen molar-refractivity contribution in [1.82, 2.24) is 4.90 Å². The zero-order valence-electron chi connectivity index (χ0n) is 15.5. The summed E-state index contributed by atoms with van der Waals surface area (Å²) in [6.07, 6.45) is 1.39. The fourth-order valence-electron chi connectivity index (χ4n) is 3.14.